The van der Waals surface area contributed by atoms with Gasteiger partial charge in [-0.25, -0.2) is 9.97 Å². The quantitative estimate of drug-likeness (QED) is 0.161. The number of methoxy groups -OCH3 is 2. The molecule has 3 rings (SSSR count). The minimum absolute atomic E-state index is 0.00810. The van der Waals surface area contributed by atoms with Crippen LogP contribution >= 0.6 is 0 Å². The molecule has 0 aliphatic heterocycles. The van der Waals surface area contributed by atoms with E-state index < -0.39 is 4.92 Å². The van der Waals surface area contributed by atoms with Gasteiger partial charge < -0.3 is 19.1 Å². The standard InChI is InChI=1S/C25H26N4O7/c1-28(11-4-12-36-20-8-6-19(7-9-20)29(32)33)25(31)18-15-26-24(27-16-18)14-21(30)17-5-10-22(34-2)23(13-17)35-3/h5-10,13,15-16H,4,11-12,14H2,1-3H3. The molecular weight excluding hydrogens is 468 g/mol. The van der Waals surface area contributed by atoms with E-state index in [4.69, 9.17) is 14.2 Å². The molecule has 11 nitrogen and oxygen atoms in total. The van der Waals surface area contributed by atoms with Crippen molar-refractivity contribution >= 4 is 17.4 Å². The van der Waals surface area contributed by atoms with Gasteiger partial charge in [0.25, 0.3) is 11.6 Å². The minimum Gasteiger partial charge on any atom is -0.494 e. The molecule has 0 aliphatic carbocycles. The van der Waals surface area contributed by atoms with Crippen molar-refractivity contribution < 1.29 is 28.7 Å². The molecule has 0 saturated heterocycles. The number of ether oxygens (including phenoxy) is 3. The van der Waals surface area contributed by atoms with Crippen molar-refractivity contribution in [1.82, 2.24) is 14.9 Å². The average molecular weight is 495 g/mol. The predicted octanol–water partition coefficient (Wildman–Crippen LogP) is 3.37. The molecule has 0 saturated carbocycles. The van der Waals surface area contributed by atoms with Crippen molar-refractivity contribution in [3.05, 3.63) is 81.9 Å². The smallest absolute Gasteiger partial charge is 0.269 e. The van der Waals surface area contributed by atoms with E-state index in [2.05, 4.69) is 9.97 Å². The molecule has 3 aromatic rings. The van der Waals surface area contributed by atoms with E-state index >= 15 is 0 Å². The highest BCUT2D eigenvalue weighted by Gasteiger charge is 2.16. The molecule has 0 aliphatic rings. The number of Topliss-reactive ketones (excluding diaryl/α,β-unsaturated/α-hetero) is 1. The molecule has 0 radical (unpaired) electrons. The SMILES string of the molecule is COc1ccc(C(=O)Cc2ncc(C(=O)N(C)CCCOc3ccc([N+](=O)[O-])cc3)cn2)cc1OC. The number of benzene rings is 2. The number of hydrogen-bond donors (Lipinski definition) is 0. The minimum atomic E-state index is -0.475. The summed E-state index contributed by atoms with van der Waals surface area (Å²) < 4.78 is 16.0. The molecule has 1 aromatic heterocycles. The molecule has 1 amide bonds. The Labute approximate surface area is 207 Å². The van der Waals surface area contributed by atoms with Crippen molar-refractivity contribution in [3.8, 4) is 17.2 Å². The maximum Gasteiger partial charge on any atom is 0.269 e. The summed E-state index contributed by atoms with van der Waals surface area (Å²) in [6, 6.07) is 10.7. The van der Waals surface area contributed by atoms with Gasteiger partial charge in [0, 0.05) is 43.7 Å². The summed E-state index contributed by atoms with van der Waals surface area (Å²) in [7, 11) is 4.67. The van der Waals surface area contributed by atoms with Crippen LogP contribution in [0.5, 0.6) is 17.2 Å². The van der Waals surface area contributed by atoms with Crippen LogP contribution in [-0.2, 0) is 6.42 Å². The molecule has 0 atom stereocenters. The number of nitro benzene ring substituents is 1. The molecule has 36 heavy (non-hydrogen) atoms. The van der Waals surface area contributed by atoms with Crippen LogP contribution in [-0.4, -0.2) is 65.9 Å². The summed E-state index contributed by atoms with van der Waals surface area (Å²) >= 11 is 0. The number of non-ortho nitro benzene ring substituents is 1. The van der Waals surface area contributed by atoms with Crippen LogP contribution in [0.1, 0.15) is 33.0 Å². The van der Waals surface area contributed by atoms with Gasteiger partial charge in [0.15, 0.2) is 17.3 Å². The zero-order valence-electron chi connectivity index (χ0n) is 20.2. The molecule has 0 N–H and O–H groups in total. The van der Waals surface area contributed by atoms with Crippen LogP contribution in [0.3, 0.4) is 0 Å². The number of carbonyl (C=O) groups is 2. The number of nitro groups is 1. The predicted molar refractivity (Wildman–Crippen MR) is 130 cm³/mol. The summed E-state index contributed by atoms with van der Waals surface area (Å²) in [6.07, 6.45) is 3.32. The lowest BCUT2D eigenvalue weighted by Crippen LogP contribution is -2.29. The van der Waals surface area contributed by atoms with Crippen LogP contribution in [0, 0.1) is 10.1 Å². The molecule has 188 valence electrons. The fourth-order valence-electron chi connectivity index (χ4n) is 3.29. The third kappa shape index (κ3) is 6.75. The number of amides is 1. The number of aromatic nitrogens is 2. The highest BCUT2D eigenvalue weighted by Crippen LogP contribution is 2.28. The summed E-state index contributed by atoms with van der Waals surface area (Å²) in [6.45, 7) is 0.758. The fraction of sp³-hybridized carbons (Fsp3) is 0.280. The topological polar surface area (TPSA) is 134 Å². The molecule has 0 unspecified atom stereocenters. The van der Waals surface area contributed by atoms with Crippen LogP contribution in [0.25, 0.3) is 0 Å². The second kappa shape index (κ2) is 12.2. The zero-order valence-corrected chi connectivity index (χ0v) is 20.2. The molecule has 0 bridgehead atoms. The van der Waals surface area contributed by atoms with Crippen molar-refractivity contribution in [2.45, 2.75) is 12.8 Å². The largest absolute Gasteiger partial charge is 0.494 e. The maximum absolute atomic E-state index is 12.6. The van der Waals surface area contributed by atoms with Gasteiger partial charge in [-0.1, -0.05) is 0 Å². The van der Waals surface area contributed by atoms with Crippen LogP contribution in [0.15, 0.2) is 54.9 Å². The first-order valence-corrected chi connectivity index (χ1v) is 11.0. The molecular formula is C25H26N4O7. The Bertz CT molecular complexity index is 1210. The normalized spacial score (nSPS) is 10.4. The zero-order chi connectivity index (χ0) is 26.1. The van der Waals surface area contributed by atoms with E-state index in [-0.39, 0.29) is 23.8 Å². The van der Waals surface area contributed by atoms with Gasteiger partial charge >= 0.3 is 0 Å². The van der Waals surface area contributed by atoms with Gasteiger partial charge in [-0.15, -0.1) is 0 Å². The Balaban J connectivity index is 1.48. The third-order valence-corrected chi connectivity index (χ3v) is 5.28. The van der Waals surface area contributed by atoms with Gasteiger partial charge in [-0.05, 0) is 36.8 Å². The summed E-state index contributed by atoms with van der Waals surface area (Å²) in [5, 5.41) is 10.7. The number of carbonyl (C=O) groups excluding carboxylic acids is 2. The maximum atomic E-state index is 12.6. The summed E-state index contributed by atoms with van der Waals surface area (Å²) in [4.78, 5) is 45.3. The Hall–Kier alpha value is -4.54. The Morgan fingerprint density at radius 1 is 0.972 bits per heavy atom. The van der Waals surface area contributed by atoms with E-state index in [1.54, 1.807) is 25.2 Å². The lowest BCUT2D eigenvalue weighted by molar-refractivity contribution is -0.384. The van der Waals surface area contributed by atoms with Crippen LogP contribution < -0.4 is 14.2 Å². The van der Waals surface area contributed by atoms with Gasteiger partial charge in [0.1, 0.15) is 11.6 Å². The van der Waals surface area contributed by atoms with Crippen molar-refractivity contribution in [1.29, 1.82) is 0 Å². The second-order valence-corrected chi connectivity index (χ2v) is 7.74. The lowest BCUT2D eigenvalue weighted by Gasteiger charge is -2.17. The van der Waals surface area contributed by atoms with E-state index in [0.717, 1.165) is 0 Å². The monoisotopic (exact) mass is 494 g/mol. The first-order valence-electron chi connectivity index (χ1n) is 11.0. The van der Waals surface area contributed by atoms with Gasteiger partial charge in [-0.3, -0.25) is 19.7 Å². The summed E-state index contributed by atoms with van der Waals surface area (Å²) in [5.41, 5.74) is 0.731. The Morgan fingerprint density at radius 3 is 2.25 bits per heavy atom. The molecule has 11 heteroatoms. The first kappa shape index (κ1) is 26.1. The number of nitrogens with zero attached hydrogens (tertiary/aromatic N) is 4. The second-order valence-electron chi connectivity index (χ2n) is 7.74. The lowest BCUT2D eigenvalue weighted by atomic mass is 10.1. The van der Waals surface area contributed by atoms with Crippen molar-refractivity contribution in [3.63, 3.8) is 0 Å². The molecule has 1 heterocycles. The van der Waals surface area contributed by atoms with Crippen LogP contribution in [0.4, 0.5) is 5.69 Å². The van der Waals surface area contributed by atoms with E-state index in [1.165, 1.54) is 55.8 Å². The molecule has 0 spiro atoms. The van der Waals surface area contributed by atoms with E-state index in [1.807, 2.05) is 0 Å². The van der Waals surface area contributed by atoms with Crippen molar-refractivity contribution in [2.24, 2.45) is 0 Å². The van der Waals surface area contributed by atoms with Crippen LogP contribution in [0.2, 0.25) is 0 Å². The first-order chi connectivity index (χ1) is 17.3. The summed E-state index contributed by atoms with van der Waals surface area (Å²) in [5.74, 6) is 1.33. The van der Waals surface area contributed by atoms with Gasteiger partial charge in [0.05, 0.1) is 37.7 Å². The highest BCUT2D eigenvalue weighted by molar-refractivity contribution is 5.98. The Kier molecular flexibility index (Phi) is 8.87. The van der Waals surface area contributed by atoms with Gasteiger partial charge in [0.2, 0.25) is 0 Å². The number of rotatable bonds is 12. The fourth-order valence-corrected chi connectivity index (χ4v) is 3.29. The third-order valence-electron chi connectivity index (χ3n) is 5.28. The highest BCUT2D eigenvalue weighted by atomic mass is 16.6. The number of ketones is 1. The van der Waals surface area contributed by atoms with E-state index in [0.29, 0.717) is 53.8 Å². The molecule has 2 aromatic carbocycles. The van der Waals surface area contributed by atoms with Gasteiger partial charge in [-0.2, -0.15) is 0 Å². The molecule has 0 fully saturated rings. The van der Waals surface area contributed by atoms with Crippen molar-refractivity contribution in [2.75, 3.05) is 34.4 Å². The Morgan fingerprint density at radius 2 is 1.64 bits per heavy atom. The van der Waals surface area contributed by atoms with E-state index in [9.17, 15) is 19.7 Å². The average Bonchev–Trinajstić information content (AvgIpc) is 2.90. The number of hydrogen-bond acceptors (Lipinski definition) is 9.